The van der Waals surface area contributed by atoms with Crippen LogP contribution < -0.4 is 5.73 Å². The van der Waals surface area contributed by atoms with Crippen molar-refractivity contribution in [3.05, 3.63) is 40.1 Å². The number of rotatable bonds is 5. The smallest absolute Gasteiger partial charge is 0.0831 e. The van der Waals surface area contributed by atoms with Gasteiger partial charge in [0.05, 0.1) is 17.6 Å². The maximum absolute atomic E-state index is 5.48. The van der Waals surface area contributed by atoms with Crippen LogP contribution in [0.15, 0.2) is 28.9 Å². The van der Waals surface area contributed by atoms with Crippen molar-refractivity contribution in [1.82, 2.24) is 15.0 Å². The van der Waals surface area contributed by atoms with Crippen molar-refractivity contribution in [3.63, 3.8) is 0 Å². The minimum atomic E-state index is 0.735. The second kappa shape index (κ2) is 6.11. The summed E-state index contributed by atoms with van der Waals surface area (Å²) in [6, 6.07) is 6.07. The van der Waals surface area contributed by atoms with Gasteiger partial charge in [0, 0.05) is 4.47 Å². The Kier molecular flexibility index (Phi) is 4.49. The highest BCUT2D eigenvalue weighted by Gasteiger charge is 2.07. The van der Waals surface area contributed by atoms with E-state index in [1.165, 1.54) is 0 Å². The highest BCUT2D eigenvalue weighted by molar-refractivity contribution is 9.10. The Bertz CT molecular complexity index is 521. The molecule has 5 heteroatoms. The molecule has 0 bridgehead atoms. The van der Waals surface area contributed by atoms with Crippen LogP contribution in [0.25, 0.3) is 5.69 Å². The summed E-state index contributed by atoms with van der Waals surface area (Å²) in [6.45, 7) is 2.80. The van der Waals surface area contributed by atoms with Crippen molar-refractivity contribution < 1.29 is 0 Å². The number of nitrogens with two attached hydrogens (primary N) is 1. The number of nitrogens with zero attached hydrogens (tertiary/aromatic N) is 3. The molecule has 0 unspecified atom stereocenters. The molecule has 1 heterocycles. The van der Waals surface area contributed by atoms with Gasteiger partial charge in [0.25, 0.3) is 0 Å². The number of halogens is 1. The Balaban J connectivity index is 2.16. The fourth-order valence-corrected chi connectivity index (χ4v) is 2.18. The molecule has 1 aromatic carbocycles. The van der Waals surface area contributed by atoms with Crippen LogP contribution in [-0.4, -0.2) is 21.5 Å². The lowest BCUT2D eigenvalue weighted by Gasteiger charge is -2.05. The lowest BCUT2D eigenvalue weighted by molar-refractivity contribution is 0.727. The van der Waals surface area contributed by atoms with Gasteiger partial charge in [-0.05, 0) is 50.4 Å². The maximum Gasteiger partial charge on any atom is 0.0831 e. The van der Waals surface area contributed by atoms with Crippen molar-refractivity contribution in [2.24, 2.45) is 5.73 Å². The monoisotopic (exact) mass is 308 g/mol. The molecule has 0 fully saturated rings. The minimum Gasteiger partial charge on any atom is -0.330 e. The number of hydrogen-bond donors (Lipinski definition) is 1. The molecule has 0 aliphatic heterocycles. The van der Waals surface area contributed by atoms with Crippen LogP contribution in [0.5, 0.6) is 0 Å². The molecule has 0 amide bonds. The van der Waals surface area contributed by atoms with Gasteiger partial charge in [0.1, 0.15) is 0 Å². The van der Waals surface area contributed by atoms with Crippen molar-refractivity contribution in [2.75, 3.05) is 6.54 Å². The topological polar surface area (TPSA) is 56.7 Å². The van der Waals surface area contributed by atoms with Crippen molar-refractivity contribution >= 4 is 15.9 Å². The fraction of sp³-hybridized carbons (Fsp3) is 0.385. The molecule has 0 saturated heterocycles. The zero-order chi connectivity index (χ0) is 13.0. The third-order valence-corrected chi connectivity index (χ3v) is 3.77. The van der Waals surface area contributed by atoms with E-state index in [2.05, 4.69) is 33.2 Å². The van der Waals surface area contributed by atoms with Crippen LogP contribution >= 0.6 is 15.9 Å². The Morgan fingerprint density at radius 2 is 2.17 bits per heavy atom. The van der Waals surface area contributed by atoms with E-state index in [1.54, 1.807) is 0 Å². The molecule has 0 spiro atoms. The van der Waals surface area contributed by atoms with Gasteiger partial charge in [-0.1, -0.05) is 27.2 Å². The molecule has 0 radical (unpaired) electrons. The second-order valence-electron chi connectivity index (χ2n) is 4.28. The quantitative estimate of drug-likeness (QED) is 0.864. The van der Waals surface area contributed by atoms with Crippen LogP contribution in [0.1, 0.15) is 24.1 Å². The van der Waals surface area contributed by atoms with Gasteiger partial charge in [0.2, 0.25) is 0 Å². The van der Waals surface area contributed by atoms with Crippen LogP contribution in [0.4, 0.5) is 0 Å². The number of unbranched alkanes of at least 4 members (excludes halogenated alkanes) is 1. The van der Waals surface area contributed by atoms with Crippen molar-refractivity contribution in [1.29, 1.82) is 0 Å². The molecular formula is C13H17BrN4. The Morgan fingerprint density at radius 1 is 1.33 bits per heavy atom. The summed E-state index contributed by atoms with van der Waals surface area (Å²) in [4.78, 5) is 0. The van der Waals surface area contributed by atoms with E-state index in [0.29, 0.717) is 0 Å². The number of hydrogen-bond acceptors (Lipinski definition) is 3. The zero-order valence-corrected chi connectivity index (χ0v) is 12.0. The van der Waals surface area contributed by atoms with Crippen LogP contribution in [-0.2, 0) is 6.42 Å². The zero-order valence-electron chi connectivity index (χ0n) is 10.4. The third-order valence-electron chi connectivity index (χ3n) is 2.91. The molecule has 18 heavy (non-hydrogen) atoms. The van der Waals surface area contributed by atoms with Gasteiger partial charge in [0.15, 0.2) is 0 Å². The Labute approximate surface area is 115 Å². The van der Waals surface area contributed by atoms with E-state index in [-0.39, 0.29) is 0 Å². The predicted molar refractivity (Wildman–Crippen MR) is 75.8 cm³/mol. The first kappa shape index (κ1) is 13.2. The molecule has 4 nitrogen and oxygen atoms in total. The molecule has 0 saturated carbocycles. The van der Waals surface area contributed by atoms with E-state index in [4.69, 9.17) is 5.73 Å². The van der Waals surface area contributed by atoms with E-state index in [1.807, 2.05) is 29.1 Å². The van der Waals surface area contributed by atoms with Crippen molar-refractivity contribution in [2.45, 2.75) is 26.2 Å². The van der Waals surface area contributed by atoms with Gasteiger partial charge in [-0.25, -0.2) is 4.68 Å². The normalized spacial score (nSPS) is 10.8. The highest BCUT2D eigenvalue weighted by atomic mass is 79.9. The average molecular weight is 309 g/mol. The van der Waals surface area contributed by atoms with Crippen LogP contribution in [0.3, 0.4) is 0 Å². The van der Waals surface area contributed by atoms with E-state index in [0.717, 1.165) is 47.2 Å². The van der Waals surface area contributed by atoms with Crippen molar-refractivity contribution in [3.8, 4) is 5.69 Å². The predicted octanol–water partition coefficient (Wildman–Crippen LogP) is 2.62. The summed E-state index contributed by atoms with van der Waals surface area (Å²) in [6.07, 6.45) is 5.02. The third kappa shape index (κ3) is 2.97. The van der Waals surface area contributed by atoms with Crippen LogP contribution in [0, 0.1) is 6.92 Å². The van der Waals surface area contributed by atoms with E-state index >= 15 is 0 Å². The van der Waals surface area contributed by atoms with Gasteiger partial charge >= 0.3 is 0 Å². The lowest BCUT2D eigenvalue weighted by Crippen LogP contribution is -1.99. The standard InChI is InChI=1S/C13H17BrN4/c1-10-12(14)6-4-7-13(10)18-9-11(16-17-18)5-2-3-8-15/h4,6-7,9H,2-3,5,8,15H2,1H3. The van der Waals surface area contributed by atoms with Gasteiger partial charge < -0.3 is 5.73 Å². The minimum absolute atomic E-state index is 0.735. The molecule has 0 atom stereocenters. The molecule has 1 aromatic heterocycles. The maximum atomic E-state index is 5.48. The summed E-state index contributed by atoms with van der Waals surface area (Å²) in [5, 5.41) is 8.37. The Morgan fingerprint density at radius 3 is 2.94 bits per heavy atom. The van der Waals surface area contributed by atoms with E-state index in [9.17, 15) is 0 Å². The number of benzene rings is 1. The molecule has 0 aliphatic rings. The summed E-state index contributed by atoms with van der Waals surface area (Å²) >= 11 is 3.53. The molecule has 0 aliphatic carbocycles. The first-order valence-corrected chi connectivity index (χ1v) is 6.88. The molecule has 2 N–H and O–H groups in total. The molecular weight excluding hydrogens is 292 g/mol. The largest absolute Gasteiger partial charge is 0.330 e. The SMILES string of the molecule is Cc1c(Br)cccc1-n1cc(CCCCN)nn1. The Hall–Kier alpha value is -1.20. The fourth-order valence-electron chi connectivity index (χ4n) is 1.83. The average Bonchev–Trinajstić information content (AvgIpc) is 2.82. The van der Waals surface area contributed by atoms with Gasteiger partial charge in [-0.3, -0.25) is 0 Å². The van der Waals surface area contributed by atoms with E-state index < -0.39 is 0 Å². The lowest BCUT2D eigenvalue weighted by atomic mass is 10.2. The molecule has 2 rings (SSSR count). The summed E-state index contributed by atoms with van der Waals surface area (Å²) < 4.78 is 2.91. The second-order valence-corrected chi connectivity index (χ2v) is 5.14. The summed E-state index contributed by atoms with van der Waals surface area (Å²) in [7, 11) is 0. The first-order chi connectivity index (χ1) is 8.72. The first-order valence-electron chi connectivity index (χ1n) is 6.09. The van der Waals surface area contributed by atoms with Crippen LogP contribution in [0.2, 0.25) is 0 Å². The van der Waals surface area contributed by atoms with Gasteiger partial charge in [-0.15, -0.1) is 5.10 Å². The molecule has 2 aromatic rings. The van der Waals surface area contributed by atoms with Gasteiger partial charge in [-0.2, -0.15) is 0 Å². The molecule has 96 valence electrons. The highest BCUT2D eigenvalue weighted by Crippen LogP contribution is 2.22. The number of aryl methyl sites for hydroxylation is 1. The summed E-state index contributed by atoms with van der Waals surface area (Å²) in [5.41, 5.74) is 8.72. The number of aromatic nitrogens is 3. The summed E-state index contributed by atoms with van der Waals surface area (Å²) in [5.74, 6) is 0.